The quantitative estimate of drug-likeness (QED) is 0.535. The average molecular weight is 178 g/mol. The molecule has 0 aromatic rings. The van der Waals surface area contributed by atoms with Crippen LogP contribution in [0.15, 0.2) is 0 Å². The first-order valence-corrected chi connectivity index (χ1v) is 6.06. The van der Waals surface area contributed by atoms with Crippen molar-refractivity contribution in [1.82, 2.24) is 0 Å². The molecule has 0 N–H and O–H groups in total. The van der Waals surface area contributed by atoms with E-state index in [9.17, 15) is 0 Å². The Bertz CT molecular complexity index is 130. The van der Waals surface area contributed by atoms with Crippen LogP contribution in [0.2, 0.25) is 5.82 Å². The van der Waals surface area contributed by atoms with Crippen LogP contribution < -0.4 is 0 Å². The Morgan fingerprint density at radius 3 is 1.77 bits per heavy atom. The second-order valence-corrected chi connectivity index (χ2v) is 4.34. The Hall–Kier alpha value is -0.0651. The third kappa shape index (κ3) is 5.28. The van der Waals surface area contributed by atoms with E-state index < -0.39 is 0 Å². The molecule has 1 heteroatoms. The molecule has 0 radical (unpaired) electrons. The number of hydrogen-bond acceptors (Lipinski definition) is 0. The van der Waals surface area contributed by atoms with Crippen LogP contribution in [0.3, 0.4) is 0 Å². The Labute approximate surface area is 84.0 Å². The van der Waals surface area contributed by atoms with E-state index in [1.807, 2.05) is 0 Å². The van der Waals surface area contributed by atoms with E-state index in [1.165, 1.54) is 57.8 Å². The van der Waals surface area contributed by atoms with Crippen molar-refractivity contribution in [1.29, 1.82) is 0 Å². The van der Waals surface area contributed by atoms with Crippen LogP contribution in [0.25, 0.3) is 0 Å². The normalized spacial score (nSPS) is 22.8. The Kier molecular flexibility index (Phi) is 6.23. The van der Waals surface area contributed by atoms with Crippen molar-refractivity contribution >= 4 is 12.9 Å². The molecule has 74 valence electrons. The number of rotatable bonds is 1. The van der Waals surface area contributed by atoms with Gasteiger partial charge in [0.25, 0.3) is 0 Å². The van der Waals surface area contributed by atoms with Crippen molar-refractivity contribution in [2.45, 2.75) is 70.5 Å². The van der Waals surface area contributed by atoms with E-state index in [-0.39, 0.29) is 0 Å². The first kappa shape index (κ1) is 11.0. The van der Waals surface area contributed by atoms with Gasteiger partial charge in [0.2, 0.25) is 0 Å². The molecular formula is C12H23B. The maximum atomic E-state index is 2.42. The maximum absolute atomic E-state index is 2.42. The van der Waals surface area contributed by atoms with Gasteiger partial charge in [-0.25, -0.2) is 0 Å². The van der Waals surface area contributed by atoms with Gasteiger partial charge < -0.3 is 0 Å². The topological polar surface area (TPSA) is 0 Å². The molecule has 1 fully saturated rings. The fraction of sp³-hybridized carbons (Fsp3) is 0.917. The molecule has 13 heavy (non-hydrogen) atoms. The van der Waals surface area contributed by atoms with Crippen LogP contribution in [-0.4, -0.2) is 12.9 Å². The van der Waals surface area contributed by atoms with E-state index in [0.717, 1.165) is 5.82 Å². The van der Waals surface area contributed by atoms with Crippen molar-refractivity contribution < 1.29 is 0 Å². The first-order chi connectivity index (χ1) is 6.43. The van der Waals surface area contributed by atoms with Gasteiger partial charge in [-0.05, 0) is 0 Å². The Morgan fingerprint density at radius 1 is 0.846 bits per heavy atom. The molecule has 1 aliphatic carbocycles. The molecule has 0 heterocycles. The molecule has 1 aliphatic rings. The summed E-state index contributed by atoms with van der Waals surface area (Å²) in [5, 5.41) is 0. The zero-order chi connectivity index (χ0) is 9.36. The van der Waals surface area contributed by atoms with Crippen LogP contribution in [0, 0.1) is 0 Å². The summed E-state index contributed by atoms with van der Waals surface area (Å²) >= 11 is 0. The van der Waals surface area contributed by atoms with Gasteiger partial charge in [-0.15, -0.1) is 0 Å². The molecule has 0 aliphatic heterocycles. The van der Waals surface area contributed by atoms with Crippen LogP contribution >= 0.6 is 0 Å². The molecule has 0 spiro atoms. The third-order valence-electron chi connectivity index (χ3n) is 3.11. The molecule has 0 aromatic carbocycles. The second kappa shape index (κ2) is 7.35. The summed E-state index contributed by atoms with van der Waals surface area (Å²) in [6.45, 7) is 4.57. The molecule has 1 rings (SSSR count). The number of hydrogen-bond donors (Lipinski definition) is 0. The van der Waals surface area contributed by atoms with Crippen LogP contribution in [0.4, 0.5) is 0 Å². The standard InChI is InChI=1S/C12H23B/c1-2-13-12-10-8-6-4-3-5-7-9-11-12/h2,12H,3-11H2,1H3. The van der Waals surface area contributed by atoms with Crippen molar-refractivity contribution in [3.8, 4) is 0 Å². The van der Waals surface area contributed by atoms with Crippen LogP contribution in [0.5, 0.6) is 0 Å². The van der Waals surface area contributed by atoms with Gasteiger partial charge in [0, 0.05) is 0 Å². The molecule has 0 bridgehead atoms. The van der Waals surface area contributed by atoms with E-state index in [1.54, 1.807) is 0 Å². The zero-order valence-corrected chi connectivity index (χ0v) is 9.10. The fourth-order valence-corrected chi connectivity index (χ4v) is 2.31. The average Bonchev–Trinajstić information content (AvgIpc) is 2.16. The van der Waals surface area contributed by atoms with Gasteiger partial charge in [-0.3, -0.25) is 0 Å². The molecule has 0 saturated heterocycles. The van der Waals surface area contributed by atoms with Gasteiger partial charge in [-0.1, -0.05) is 0 Å². The van der Waals surface area contributed by atoms with Gasteiger partial charge in [0.05, 0.1) is 0 Å². The first-order valence-electron chi connectivity index (χ1n) is 6.06. The predicted molar refractivity (Wildman–Crippen MR) is 62.8 cm³/mol. The molecule has 0 nitrogen and oxygen atoms in total. The predicted octanol–water partition coefficient (Wildman–Crippen LogP) is 3.83. The summed E-state index contributed by atoms with van der Waals surface area (Å²) in [7, 11) is 0. The second-order valence-electron chi connectivity index (χ2n) is 4.34. The van der Waals surface area contributed by atoms with Gasteiger partial charge in [0.15, 0.2) is 0 Å². The summed E-state index contributed by atoms with van der Waals surface area (Å²) < 4.78 is 0. The summed E-state index contributed by atoms with van der Waals surface area (Å²) in [6, 6.07) is 0. The van der Waals surface area contributed by atoms with Crippen molar-refractivity contribution in [2.24, 2.45) is 0 Å². The molecule has 0 atom stereocenters. The summed E-state index contributed by atoms with van der Waals surface area (Å²) in [5.41, 5.74) is 0. The summed E-state index contributed by atoms with van der Waals surface area (Å²) in [4.78, 5) is 0. The molecular weight excluding hydrogens is 155 g/mol. The fourth-order valence-electron chi connectivity index (χ4n) is 2.31. The summed E-state index contributed by atoms with van der Waals surface area (Å²) in [5.74, 6) is 3.12. The SMILES string of the molecule is CC=BC1CCCCCCCCC1. The molecule has 0 aromatic heterocycles. The van der Waals surface area contributed by atoms with Crippen molar-refractivity contribution in [3.05, 3.63) is 0 Å². The van der Waals surface area contributed by atoms with E-state index in [0.29, 0.717) is 0 Å². The monoisotopic (exact) mass is 178 g/mol. The third-order valence-corrected chi connectivity index (χ3v) is 3.11. The van der Waals surface area contributed by atoms with Gasteiger partial charge in [-0.2, -0.15) is 0 Å². The molecule has 1 saturated carbocycles. The Morgan fingerprint density at radius 2 is 1.31 bits per heavy atom. The van der Waals surface area contributed by atoms with E-state index >= 15 is 0 Å². The van der Waals surface area contributed by atoms with Crippen LogP contribution in [-0.2, 0) is 0 Å². The van der Waals surface area contributed by atoms with Crippen molar-refractivity contribution in [3.63, 3.8) is 0 Å². The Balaban J connectivity index is 2.26. The van der Waals surface area contributed by atoms with Crippen molar-refractivity contribution in [2.75, 3.05) is 0 Å². The molecule has 0 amide bonds. The van der Waals surface area contributed by atoms with Gasteiger partial charge in [0.1, 0.15) is 0 Å². The van der Waals surface area contributed by atoms with Crippen LogP contribution in [0.1, 0.15) is 64.7 Å². The zero-order valence-electron chi connectivity index (χ0n) is 9.10. The van der Waals surface area contributed by atoms with E-state index in [4.69, 9.17) is 0 Å². The minimum atomic E-state index is 0.892. The molecule has 0 unspecified atom stereocenters. The van der Waals surface area contributed by atoms with E-state index in [2.05, 4.69) is 19.8 Å². The van der Waals surface area contributed by atoms with Gasteiger partial charge >= 0.3 is 83.4 Å². The summed E-state index contributed by atoms with van der Waals surface area (Å²) in [6.07, 6.45) is 13.1. The minimum absolute atomic E-state index is 0.892.